The molecule has 0 amide bonds. The Kier molecular flexibility index (Phi) is 3.99. The third kappa shape index (κ3) is 2.58. The molecule has 0 atom stereocenters. The van der Waals surface area contributed by atoms with E-state index in [4.69, 9.17) is 15.0 Å². The minimum atomic E-state index is -0.392. The number of hydrogen-bond acceptors (Lipinski definition) is 5. The van der Waals surface area contributed by atoms with Gasteiger partial charge in [-0.3, -0.25) is 0 Å². The molecule has 1 aromatic heterocycles. The van der Waals surface area contributed by atoms with Crippen LogP contribution in [0.5, 0.6) is 0 Å². The Bertz CT molecular complexity index is 636. The van der Waals surface area contributed by atoms with Gasteiger partial charge in [-0.05, 0) is 60.7 Å². The summed E-state index contributed by atoms with van der Waals surface area (Å²) in [5.41, 5.74) is 7.02. The summed E-state index contributed by atoms with van der Waals surface area (Å²) in [6, 6.07) is 5.65. The van der Waals surface area contributed by atoms with Gasteiger partial charge in [0.05, 0.1) is 11.3 Å². The van der Waals surface area contributed by atoms with Crippen LogP contribution in [0.2, 0.25) is 0 Å². The SMILES string of the molecule is CCOC1(c2noc(-c3cccc(Br)c3N)n2)CCCC1. The van der Waals surface area contributed by atoms with E-state index in [0.717, 1.165) is 35.7 Å². The Morgan fingerprint density at radius 3 is 2.86 bits per heavy atom. The second kappa shape index (κ2) is 5.77. The number of anilines is 1. The van der Waals surface area contributed by atoms with Gasteiger partial charge in [0.25, 0.3) is 5.89 Å². The Hall–Kier alpha value is -1.40. The Labute approximate surface area is 132 Å². The van der Waals surface area contributed by atoms with Crippen molar-refractivity contribution >= 4 is 21.6 Å². The molecular weight excluding hydrogens is 334 g/mol. The summed E-state index contributed by atoms with van der Waals surface area (Å²) in [7, 11) is 0. The summed E-state index contributed by atoms with van der Waals surface area (Å²) < 4.78 is 12.2. The average Bonchev–Trinajstić information content (AvgIpc) is 3.12. The fourth-order valence-corrected chi connectivity index (χ4v) is 3.26. The van der Waals surface area contributed by atoms with Crippen molar-refractivity contribution in [3.63, 3.8) is 0 Å². The Balaban J connectivity index is 1.98. The van der Waals surface area contributed by atoms with E-state index >= 15 is 0 Å². The first-order valence-corrected chi connectivity index (χ1v) is 7.98. The number of para-hydroxylation sites is 1. The smallest absolute Gasteiger partial charge is 0.260 e. The van der Waals surface area contributed by atoms with E-state index in [2.05, 4.69) is 26.1 Å². The number of halogens is 1. The third-order valence-corrected chi connectivity index (χ3v) is 4.64. The normalized spacial score (nSPS) is 17.2. The second-order valence-electron chi connectivity index (χ2n) is 5.26. The Morgan fingerprint density at radius 2 is 2.14 bits per heavy atom. The molecule has 0 spiro atoms. The van der Waals surface area contributed by atoms with Crippen LogP contribution in [-0.2, 0) is 10.3 Å². The molecule has 3 rings (SSSR count). The van der Waals surface area contributed by atoms with Crippen LogP contribution in [0, 0.1) is 0 Å². The predicted molar refractivity (Wildman–Crippen MR) is 83.6 cm³/mol. The van der Waals surface area contributed by atoms with Gasteiger partial charge in [-0.2, -0.15) is 4.98 Å². The first kappa shape index (κ1) is 14.5. The molecule has 0 bridgehead atoms. The van der Waals surface area contributed by atoms with Crippen molar-refractivity contribution in [2.75, 3.05) is 12.3 Å². The zero-order valence-corrected chi connectivity index (χ0v) is 13.5. The minimum absolute atomic E-state index is 0.392. The third-order valence-electron chi connectivity index (χ3n) is 3.95. The molecule has 1 aliphatic carbocycles. The molecule has 5 nitrogen and oxygen atoms in total. The van der Waals surface area contributed by atoms with E-state index in [9.17, 15) is 0 Å². The van der Waals surface area contributed by atoms with Crippen LogP contribution >= 0.6 is 15.9 Å². The maximum atomic E-state index is 6.06. The lowest BCUT2D eigenvalue weighted by Gasteiger charge is -2.24. The summed E-state index contributed by atoms with van der Waals surface area (Å²) in [4.78, 5) is 4.55. The van der Waals surface area contributed by atoms with Crippen LogP contribution in [0.4, 0.5) is 5.69 Å². The van der Waals surface area contributed by atoms with Crippen LogP contribution in [0.3, 0.4) is 0 Å². The molecule has 6 heteroatoms. The van der Waals surface area contributed by atoms with E-state index in [-0.39, 0.29) is 0 Å². The van der Waals surface area contributed by atoms with Gasteiger partial charge < -0.3 is 15.0 Å². The number of aromatic nitrogens is 2. The lowest BCUT2D eigenvalue weighted by atomic mass is 10.0. The van der Waals surface area contributed by atoms with E-state index in [1.54, 1.807) is 0 Å². The number of nitrogens with two attached hydrogens (primary N) is 1. The fourth-order valence-electron chi connectivity index (χ4n) is 2.90. The van der Waals surface area contributed by atoms with Crippen molar-refractivity contribution in [3.05, 3.63) is 28.5 Å². The predicted octanol–water partition coefficient (Wildman–Crippen LogP) is 3.89. The molecule has 2 N–H and O–H groups in total. The fraction of sp³-hybridized carbons (Fsp3) is 0.467. The molecule has 0 unspecified atom stereocenters. The van der Waals surface area contributed by atoms with Crippen LogP contribution in [0.25, 0.3) is 11.5 Å². The molecule has 1 aliphatic rings. The second-order valence-corrected chi connectivity index (χ2v) is 6.11. The van der Waals surface area contributed by atoms with Gasteiger partial charge in [-0.1, -0.05) is 11.2 Å². The lowest BCUT2D eigenvalue weighted by Crippen LogP contribution is -2.27. The molecular formula is C15H18BrN3O2. The van der Waals surface area contributed by atoms with Gasteiger partial charge in [0, 0.05) is 11.1 Å². The Morgan fingerprint density at radius 1 is 1.38 bits per heavy atom. The molecule has 0 aliphatic heterocycles. The number of rotatable bonds is 4. The highest BCUT2D eigenvalue weighted by atomic mass is 79.9. The largest absolute Gasteiger partial charge is 0.397 e. The molecule has 2 aromatic rings. The summed E-state index contributed by atoms with van der Waals surface area (Å²) in [6.07, 6.45) is 4.13. The van der Waals surface area contributed by atoms with Crippen LogP contribution in [0.1, 0.15) is 38.4 Å². The number of nitrogens with zero attached hydrogens (tertiary/aromatic N) is 2. The van der Waals surface area contributed by atoms with Gasteiger partial charge in [-0.25, -0.2) is 0 Å². The highest BCUT2D eigenvalue weighted by Gasteiger charge is 2.41. The van der Waals surface area contributed by atoms with Crippen LogP contribution in [0.15, 0.2) is 27.2 Å². The van der Waals surface area contributed by atoms with Crippen molar-refractivity contribution in [2.24, 2.45) is 0 Å². The van der Waals surface area contributed by atoms with E-state index in [0.29, 0.717) is 24.0 Å². The minimum Gasteiger partial charge on any atom is -0.397 e. The summed E-state index contributed by atoms with van der Waals surface area (Å²) in [5, 5.41) is 4.15. The maximum absolute atomic E-state index is 6.06. The molecule has 21 heavy (non-hydrogen) atoms. The first-order chi connectivity index (χ1) is 10.2. The summed E-state index contributed by atoms with van der Waals surface area (Å²) >= 11 is 3.41. The zero-order chi connectivity index (χ0) is 14.9. The lowest BCUT2D eigenvalue weighted by molar-refractivity contribution is -0.0469. The number of ether oxygens (including phenoxy) is 1. The van der Waals surface area contributed by atoms with Gasteiger partial charge >= 0.3 is 0 Å². The van der Waals surface area contributed by atoms with Gasteiger partial charge in [-0.15, -0.1) is 0 Å². The number of benzene rings is 1. The van der Waals surface area contributed by atoms with Crippen LogP contribution in [-0.4, -0.2) is 16.7 Å². The molecule has 0 radical (unpaired) electrons. The topological polar surface area (TPSA) is 74.2 Å². The molecule has 0 saturated heterocycles. The van der Waals surface area contributed by atoms with Gasteiger partial charge in [0.2, 0.25) is 5.82 Å². The standard InChI is InChI=1S/C15H18BrN3O2/c1-2-20-15(8-3-4-9-15)14-18-13(21-19-14)10-6-5-7-11(16)12(10)17/h5-7H,2-4,8-9,17H2,1H3. The van der Waals surface area contributed by atoms with E-state index in [1.807, 2.05) is 25.1 Å². The van der Waals surface area contributed by atoms with Crippen LogP contribution < -0.4 is 5.73 Å². The maximum Gasteiger partial charge on any atom is 0.260 e. The number of nitrogen functional groups attached to an aromatic ring is 1. The zero-order valence-electron chi connectivity index (χ0n) is 11.9. The number of hydrogen-bond donors (Lipinski definition) is 1. The highest BCUT2D eigenvalue weighted by Crippen LogP contribution is 2.41. The molecule has 1 heterocycles. The van der Waals surface area contributed by atoms with Gasteiger partial charge in [0.1, 0.15) is 5.60 Å². The van der Waals surface area contributed by atoms with Crippen molar-refractivity contribution in [3.8, 4) is 11.5 Å². The first-order valence-electron chi connectivity index (χ1n) is 7.19. The monoisotopic (exact) mass is 351 g/mol. The summed E-state index contributed by atoms with van der Waals surface area (Å²) in [5.74, 6) is 1.08. The van der Waals surface area contributed by atoms with Crippen molar-refractivity contribution < 1.29 is 9.26 Å². The molecule has 112 valence electrons. The van der Waals surface area contributed by atoms with Gasteiger partial charge in [0.15, 0.2) is 0 Å². The van der Waals surface area contributed by atoms with E-state index in [1.165, 1.54) is 0 Å². The summed E-state index contributed by atoms with van der Waals surface area (Å²) in [6.45, 7) is 2.64. The highest BCUT2D eigenvalue weighted by molar-refractivity contribution is 9.10. The molecule has 1 aromatic carbocycles. The van der Waals surface area contributed by atoms with Crippen molar-refractivity contribution in [1.29, 1.82) is 0 Å². The molecule has 1 saturated carbocycles. The van der Waals surface area contributed by atoms with E-state index < -0.39 is 5.60 Å². The van der Waals surface area contributed by atoms with Crippen molar-refractivity contribution in [1.82, 2.24) is 10.1 Å². The molecule has 1 fully saturated rings. The quantitative estimate of drug-likeness (QED) is 0.845. The average molecular weight is 352 g/mol. The van der Waals surface area contributed by atoms with Crippen molar-refractivity contribution in [2.45, 2.75) is 38.2 Å².